The number of oxime groups is 1. The molecule has 1 fully saturated rings. The Morgan fingerprint density at radius 2 is 1.74 bits per heavy atom. The number of aromatic nitrogens is 1. The summed E-state index contributed by atoms with van der Waals surface area (Å²) in [5.74, 6) is -0.393. The largest absolute Gasteiger partial charge is 0.481 e. The maximum absolute atomic E-state index is 11.3. The highest BCUT2D eigenvalue weighted by molar-refractivity contribution is 6.00. The van der Waals surface area contributed by atoms with Crippen molar-refractivity contribution in [3.8, 4) is 0 Å². The van der Waals surface area contributed by atoms with Crippen LogP contribution in [0.5, 0.6) is 0 Å². The number of carboxylic acid groups (broad SMARTS) is 1. The molecule has 0 aliphatic heterocycles. The molecule has 0 bridgehead atoms. The Hall–Kier alpha value is -3.47. The van der Waals surface area contributed by atoms with Gasteiger partial charge in [0, 0.05) is 18.4 Å². The second-order valence-corrected chi connectivity index (χ2v) is 9.47. The number of carbonyl (C=O) groups is 1. The number of benzene rings is 2. The van der Waals surface area contributed by atoms with Crippen molar-refractivity contribution >= 4 is 11.7 Å². The Morgan fingerprint density at radius 3 is 2.35 bits per heavy atom. The van der Waals surface area contributed by atoms with E-state index in [2.05, 4.69) is 54.5 Å². The monoisotopic (exact) mass is 457 g/mol. The highest BCUT2D eigenvalue weighted by Gasteiger charge is 2.27. The first-order valence-corrected chi connectivity index (χ1v) is 12.0. The van der Waals surface area contributed by atoms with Gasteiger partial charge < -0.3 is 10.3 Å². The molecule has 0 spiro atoms. The van der Waals surface area contributed by atoms with Crippen LogP contribution in [0.2, 0.25) is 0 Å². The van der Waals surface area contributed by atoms with E-state index in [4.69, 9.17) is 0 Å². The van der Waals surface area contributed by atoms with Crippen LogP contribution in [0.15, 0.2) is 78.2 Å². The second-order valence-electron chi connectivity index (χ2n) is 9.47. The summed E-state index contributed by atoms with van der Waals surface area (Å²) in [6, 6.07) is 21.1. The molecular weight excluding hydrogens is 424 g/mol. The molecule has 1 saturated carbocycles. The highest BCUT2D eigenvalue weighted by atomic mass is 16.4. The van der Waals surface area contributed by atoms with Gasteiger partial charge in [-0.25, -0.2) is 4.57 Å². The lowest BCUT2D eigenvalue weighted by molar-refractivity contribution is -0.671. The third-order valence-electron chi connectivity index (χ3n) is 7.24. The van der Waals surface area contributed by atoms with E-state index in [9.17, 15) is 15.1 Å². The van der Waals surface area contributed by atoms with Crippen LogP contribution < -0.4 is 4.57 Å². The summed E-state index contributed by atoms with van der Waals surface area (Å²) in [5.41, 5.74) is 6.44. The number of pyridine rings is 1. The summed E-state index contributed by atoms with van der Waals surface area (Å²) in [6.07, 6.45) is 7.85. The predicted octanol–water partition coefficient (Wildman–Crippen LogP) is 5.58. The maximum Gasteiger partial charge on any atom is 0.306 e. The summed E-state index contributed by atoms with van der Waals surface area (Å²) in [6.45, 7) is 2.12. The molecule has 2 aromatic carbocycles. The molecule has 1 aliphatic rings. The Morgan fingerprint density at radius 1 is 1.03 bits per heavy atom. The average molecular weight is 458 g/mol. The lowest BCUT2D eigenvalue weighted by Crippen LogP contribution is -2.28. The van der Waals surface area contributed by atoms with Crippen LogP contribution in [0.1, 0.15) is 71.8 Å². The van der Waals surface area contributed by atoms with Gasteiger partial charge in [-0.15, -0.1) is 0 Å². The van der Waals surface area contributed by atoms with Gasteiger partial charge in [0.2, 0.25) is 0 Å². The molecule has 1 heterocycles. The van der Waals surface area contributed by atoms with E-state index < -0.39 is 5.97 Å². The highest BCUT2D eigenvalue weighted by Crippen LogP contribution is 2.37. The molecule has 176 valence electrons. The quantitative estimate of drug-likeness (QED) is 0.211. The van der Waals surface area contributed by atoms with Crippen LogP contribution in [0.25, 0.3) is 0 Å². The third kappa shape index (κ3) is 5.36. The Labute approximate surface area is 201 Å². The van der Waals surface area contributed by atoms with E-state index in [1.165, 1.54) is 22.3 Å². The van der Waals surface area contributed by atoms with Crippen LogP contribution in [0.3, 0.4) is 0 Å². The molecule has 0 radical (unpaired) electrons. The first kappa shape index (κ1) is 23.7. The number of nitrogens with zero attached hydrogens (tertiary/aromatic N) is 2. The lowest BCUT2D eigenvalue weighted by Gasteiger charge is -2.27. The zero-order valence-corrected chi connectivity index (χ0v) is 19.9. The minimum atomic E-state index is -0.664. The average Bonchev–Trinajstić information content (AvgIpc) is 2.86. The number of hydrogen-bond donors (Lipinski definition) is 2. The van der Waals surface area contributed by atoms with Crippen molar-refractivity contribution in [1.29, 1.82) is 0 Å². The maximum atomic E-state index is 11.3. The zero-order valence-electron chi connectivity index (χ0n) is 19.9. The molecule has 34 heavy (non-hydrogen) atoms. The second kappa shape index (κ2) is 10.6. The van der Waals surface area contributed by atoms with Crippen LogP contribution in [0, 0.1) is 12.8 Å². The van der Waals surface area contributed by atoms with E-state index in [0.29, 0.717) is 18.1 Å². The fourth-order valence-electron chi connectivity index (χ4n) is 5.23. The Kier molecular flexibility index (Phi) is 7.41. The van der Waals surface area contributed by atoms with Gasteiger partial charge in [0.25, 0.3) is 0 Å². The molecular formula is C29H33N2O3+. The van der Waals surface area contributed by atoms with Gasteiger partial charge in [-0.2, -0.15) is 0 Å². The topological polar surface area (TPSA) is 73.8 Å². The molecule has 1 aliphatic carbocycles. The fourth-order valence-corrected chi connectivity index (χ4v) is 5.23. The number of hydrogen-bond acceptors (Lipinski definition) is 3. The molecule has 1 aromatic heterocycles. The van der Waals surface area contributed by atoms with Crippen molar-refractivity contribution in [3.63, 3.8) is 0 Å². The van der Waals surface area contributed by atoms with Crippen molar-refractivity contribution in [2.24, 2.45) is 18.1 Å². The normalized spacial score (nSPS) is 19.5. The standard InChI is InChI=1S/C29H32N2O3/c1-20-6-3-4-8-26(20)27(18-28(30-34)25-7-5-17-31(2)19-25)23-13-9-21(10-14-23)22-11-15-24(16-12-22)29(32)33/h3-10,13-14,17,19,22,24,27H,11-12,15-16,18H2,1-2H3,(H-,32,33,34)/p+1/t22?,24?,27-/m1/s1. The summed E-state index contributed by atoms with van der Waals surface area (Å²) >= 11 is 0. The van der Waals surface area contributed by atoms with E-state index in [1.807, 2.05) is 42.2 Å². The van der Waals surface area contributed by atoms with Gasteiger partial charge >= 0.3 is 5.97 Å². The van der Waals surface area contributed by atoms with Crippen molar-refractivity contribution in [3.05, 3.63) is 101 Å². The van der Waals surface area contributed by atoms with Crippen molar-refractivity contribution < 1.29 is 19.7 Å². The van der Waals surface area contributed by atoms with Crippen LogP contribution in [-0.4, -0.2) is 22.0 Å². The van der Waals surface area contributed by atoms with Gasteiger partial charge in [-0.3, -0.25) is 4.79 Å². The van der Waals surface area contributed by atoms with Gasteiger partial charge in [-0.05, 0) is 66.8 Å². The van der Waals surface area contributed by atoms with Gasteiger partial charge in [-0.1, -0.05) is 53.7 Å². The molecule has 0 unspecified atom stereocenters. The smallest absolute Gasteiger partial charge is 0.306 e. The molecule has 5 heteroatoms. The molecule has 5 nitrogen and oxygen atoms in total. The zero-order chi connectivity index (χ0) is 24.1. The number of aliphatic carboxylic acids is 1. The van der Waals surface area contributed by atoms with Gasteiger partial charge in [0.1, 0.15) is 7.05 Å². The molecule has 3 aromatic rings. The number of carboxylic acids is 1. The minimum Gasteiger partial charge on any atom is -0.481 e. The van der Waals surface area contributed by atoms with Crippen LogP contribution in [0.4, 0.5) is 0 Å². The van der Waals surface area contributed by atoms with Crippen LogP contribution in [-0.2, 0) is 11.8 Å². The summed E-state index contributed by atoms with van der Waals surface area (Å²) in [5, 5.41) is 22.9. The fraction of sp³-hybridized carbons (Fsp3) is 0.345. The summed E-state index contributed by atoms with van der Waals surface area (Å²) in [7, 11) is 1.96. The number of aryl methyl sites for hydroxylation is 2. The SMILES string of the molecule is Cc1ccccc1[C@H](CC(=NO)c1ccc[n+](C)c1)c1ccc(C2CCC(C(=O)O)CC2)cc1. The molecule has 0 saturated heterocycles. The molecule has 2 N–H and O–H groups in total. The van der Waals surface area contributed by atoms with Crippen molar-refractivity contribution in [1.82, 2.24) is 0 Å². The number of rotatable bonds is 7. The van der Waals surface area contributed by atoms with Crippen LogP contribution >= 0.6 is 0 Å². The minimum absolute atomic E-state index is 0.0504. The molecule has 0 amide bonds. The molecule has 4 rings (SSSR count). The van der Waals surface area contributed by atoms with Gasteiger partial charge in [0.05, 0.1) is 17.2 Å². The van der Waals surface area contributed by atoms with Crippen molar-refractivity contribution in [2.75, 3.05) is 0 Å². The van der Waals surface area contributed by atoms with Gasteiger partial charge in [0.15, 0.2) is 12.4 Å². The Balaban J connectivity index is 1.61. The van der Waals surface area contributed by atoms with E-state index in [1.54, 1.807) is 0 Å². The van der Waals surface area contributed by atoms with E-state index in [-0.39, 0.29) is 11.8 Å². The predicted molar refractivity (Wildman–Crippen MR) is 132 cm³/mol. The Bertz CT molecular complexity index is 1160. The summed E-state index contributed by atoms with van der Waals surface area (Å²) < 4.78 is 1.96. The van der Waals surface area contributed by atoms with E-state index >= 15 is 0 Å². The van der Waals surface area contributed by atoms with E-state index in [0.717, 1.165) is 31.2 Å². The van der Waals surface area contributed by atoms with Crippen molar-refractivity contribution in [2.45, 2.75) is 50.9 Å². The lowest BCUT2D eigenvalue weighted by atomic mass is 9.78. The first-order valence-electron chi connectivity index (χ1n) is 12.0. The summed E-state index contributed by atoms with van der Waals surface area (Å²) in [4.78, 5) is 11.3. The first-order chi connectivity index (χ1) is 16.5. The molecule has 1 atom stereocenters. The third-order valence-corrected chi connectivity index (χ3v) is 7.24.